The molecule has 0 aromatic heterocycles. The van der Waals surface area contributed by atoms with Crippen LogP contribution in [0.1, 0.15) is 23.6 Å². The maximum Gasteiger partial charge on any atom is 0.344 e. The van der Waals surface area contributed by atoms with E-state index in [9.17, 15) is 14.4 Å². The predicted octanol–water partition coefficient (Wildman–Crippen LogP) is 2.21. The first-order valence-corrected chi connectivity index (χ1v) is 8.65. The molecule has 1 atom stereocenters. The van der Waals surface area contributed by atoms with Gasteiger partial charge in [0.15, 0.2) is 0 Å². The minimum atomic E-state index is -1.22. The minimum absolute atomic E-state index is 0.0647. The maximum atomic E-state index is 12.8. The van der Waals surface area contributed by atoms with Crippen molar-refractivity contribution in [1.82, 2.24) is 15.8 Å². The summed E-state index contributed by atoms with van der Waals surface area (Å²) in [5, 5.41) is 6.44. The highest BCUT2D eigenvalue weighted by atomic mass is 16.2. The van der Waals surface area contributed by atoms with E-state index < -0.39 is 23.4 Å². The third-order valence-corrected chi connectivity index (χ3v) is 4.69. The Balaban J connectivity index is 1.68. The van der Waals surface area contributed by atoms with Crippen LogP contribution in [0.15, 0.2) is 48.5 Å². The van der Waals surface area contributed by atoms with Crippen molar-refractivity contribution in [3.63, 3.8) is 0 Å². The van der Waals surface area contributed by atoms with E-state index >= 15 is 0 Å². The Kier molecular flexibility index (Phi) is 4.85. The lowest BCUT2D eigenvalue weighted by Gasteiger charge is -2.22. The van der Waals surface area contributed by atoms with Crippen LogP contribution in [0.3, 0.4) is 0 Å². The second-order valence-electron chi connectivity index (χ2n) is 6.72. The molecule has 0 radical (unpaired) electrons. The van der Waals surface area contributed by atoms with E-state index in [4.69, 9.17) is 0 Å². The molecule has 140 valence electrons. The van der Waals surface area contributed by atoms with E-state index in [1.165, 1.54) is 0 Å². The van der Waals surface area contributed by atoms with Crippen LogP contribution in [-0.4, -0.2) is 29.4 Å². The van der Waals surface area contributed by atoms with E-state index in [2.05, 4.69) is 16.1 Å². The number of rotatable bonds is 5. The summed E-state index contributed by atoms with van der Waals surface area (Å²) in [6.07, 6.45) is 0. The molecular weight excluding hydrogens is 344 g/mol. The topological polar surface area (TPSA) is 90.5 Å². The Morgan fingerprint density at radius 1 is 1.04 bits per heavy atom. The molecule has 3 N–H and O–H groups in total. The standard InChI is InChI=1S/C20H22N4O3/c1-13-8-7-9-14(2)17(13)21-12-16(25)23-24-18(26)20(3,22-19(24)27)15-10-5-4-6-11-15/h4-11,21H,12H2,1-3H3,(H,22,27)(H,23,25). The molecule has 1 fully saturated rings. The summed E-state index contributed by atoms with van der Waals surface area (Å²) in [6.45, 7) is 5.43. The zero-order valence-electron chi connectivity index (χ0n) is 15.5. The summed E-state index contributed by atoms with van der Waals surface area (Å²) in [6, 6.07) is 14.1. The number of aryl methyl sites for hydroxylation is 2. The van der Waals surface area contributed by atoms with Gasteiger partial charge in [-0.15, -0.1) is 0 Å². The van der Waals surface area contributed by atoms with E-state index in [0.717, 1.165) is 21.8 Å². The molecule has 27 heavy (non-hydrogen) atoms. The Labute approximate surface area is 157 Å². The van der Waals surface area contributed by atoms with Crippen molar-refractivity contribution in [2.24, 2.45) is 0 Å². The Morgan fingerprint density at radius 2 is 1.67 bits per heavy atom. The number of hydrogen-bond acceptors (Lipinski definition) is 4. The highest BCUT2D eigenvalue weighted by molar-refractivity contribution is 6.08. The summed E-state index contributed by atoms with van der Waals surface area (Å²) in [4.78, 5) is 37.3. The molecule has 0 saturated carbocycles. The van der Waals surface area contributed by atoms with Gasteiger partial charge in [-0.05, 0) is 37.5 Å². The lowest BCUT2D eigenvalue weighted by atomic mass is 9.92. The fraction of sp³-hybridized carbons (Fsp3) is 0.250. The lowest BCUT2D eigenvalue weighted by Crippen LogP contribution is -2.49. The molecule has 3 rings (SSSR count). The molecule has 7 heteroatoms. The minimum Gasteiger partial charge on any atom is -0.376 e. The molecule has 1 saturated heterocycles. The average molecular weight is 366 g/mol. The van der Waals surface area contributed by atoms with Crippen molar-refractivity contribution in [3.8, 4) is 0 Å². The van der Waals surface area contributed by atoms with Crippen LogP contribution in [0, 0.1) is 13.8 Å². The molecule has 0 aliphatic carbocycles. The van der Waals surface area contributed by atoms with Crippen molar-refractivity contribution in [1.29, 1.82) is 0 Å². The number of carbonyl (C=O) groups is 3. The number of anilines is 1. The number of carbonyl (C=O) groups excluding carboxylic acids is 3. The molecular formula is C20H22N4O3. The molecule has 2 aromatic rings. The van der Waals surface area contributed by atoms with E-state index in [0.29, 0.717) is 5.56 Å². The number of hydrazine groups is 1. The quantitative estimate of drug-likeness (QED) is 0.708. The zero-order chi connectivity index (χ0) is 19.6. The fourth-order valence-corrected chi connectivity index (χ4v) is 3.13. The molecule has 4 amide bonds. The van der Waals surface area contributed by atoms with Gasteiger partial charge in [0.25, 0.3) is 11.8 Å². The third-order valence-electron chi connectivity index (χ3n) is 4.69. The Hall–Kier alpha value is -3.35. The first-order valence-electron chi connectivity index (χ1n) is 8.65. The summed E-state index contributed by atoms with van der Waals surface area (Å²) >= 11 is 0. The van der Waals surface area contributed by atoms with Crippen molar-refractivity contribution in [2.45, 2.75) is 26.3 Å². The maximum absolute atomic E-state index is 12.8. The second-order valence-corrected chi connectivity index (χ2v) is 6.72. The monoisotopic (exact) mass is 366 g/mol. The summed E-state index contributed by atoms with van der Waals surface area (Å²) in [7, 11) is 0. The molecule has 7 nitrogen and oxygen atoms in total. The molecule has 1 unspecified atom stereocenters. The summed E-state index contributed by atoms with van der Waals surface area (Å²) in [5.41, 5.74) is 4.69. The fourth-order valence-electron chi connectivity index (χ4n) is 3.13. The van der Waals surface area contributed by atoms with Gasteiger partial charge in [-0.3, -0.25) is 15.0 Å². The number of imide groups is 1. The van der Waals surface area contributed by atoms with Crippen LogP contribution in [-0.2, 0) is 15.1 Å². The van der Waals surface area contributed by atoms with Gasteiger partial charge in [-0.25, -0.2) is 4.79 Å². The van der Waals surface area contributed by atoms with Crippen LogP contribution in [0.5, 0.6) is 0 Å². The Morgan fingerprint density at radius 3 is 2.30 bits per heavy atom. The largest absolute Gasteiger partial charge is 0.376 e. The highest BCUT2D eigenvalue weighted by Gasteiger charge is 2.49. The molecule has 0 bridgehead atoms. The van der Waals surface area contributed by atoms with Gasteiger partial charge in [-0.2, -0.15) is 5.01 Å². The van der Waals surface area contributed by atoms with Gasteiger partial charge in [0, 0.05) is 5.69 Å². The van der Waals surface area contributed by atoms with Crippen molar-refractivity contribution < 1.29 is 14.4 Å². The van der Waals surface area contributed by atoms with Gasteiger partial charge < -0.3 is 10.6 Å². The number of para-hydroxylation sites is 1. The number of amides is 4. The normalized spacial score (nSPS) is 19.0. The molecule has 1 heterocycles. The third kappa shape index (κ3) is 3.48. The van der Waals surface area contributed by atoms with Crippen LogP contribution >= 0.6 is 0 Å². The first-order chi connectivity index (χ1) is 12.8. The predicted molar refractivity (Wildman–Crippen MR) is 102 cm³/mol. The van der Waals surface area contributed by atoms with Crippen molar-refractivity contribution in [2.75, 3.05) is 11.9 Å². The van der Waals surface area contributed by atoms with Gasteiger partial charge in [0.05, 0.1) is 6.54 Å². The van der Waals surface area contributed by atoms with Crippen molar-refractivity contribution in [3.05, 3.63) is 65.2 Å². The summed E-state index contributed by atoms with van der Waals surface area (Å²) in [5.74, 6) is -1.02. The van der Waals surface area contributed by atoms with E-state index in [-0.39, 0.29) is 6.54 Å². The summed E-state index contributed by atoms with van der Waals surface area (Å²) < 4.78 is 0. The number of nitrogens with one attached hydrogen (secondary N) is 3. The van der Waals surface area contributed by atoms with Crippen LogP contribution < -0.4 is 16.1 Å². The highest BCUT2D eigenvalue weighted by Crippen LogP contribution is 2.27. The average Bonchev–Trinajstić information content (AvgIpc) is 2.86. The molecule has 2 aromatic carbocycles. The number of hydrogen-bond donors (Lipinski definition) is 3. The number of urea groups is 1. The van der Waals surface area contributed by atoms with Gasteiger partial charge >= 0.3 is 6.03 Å². The van der Waals surface area contributed by atoms with Gasteiger partial charge in [0.1, 0.15) is 5.54 Å². The smallest absolute Gasteiger partial charge is 0.344 e. The van der Waals surface area contributed by atoms with Crippen molar-refractivity contribution >= 4 is 23.5 Å². The zero-order valence-corrected chi connectivity index (χ0v) is 15.5. The van der Waals surface area contributed by atoms with Gasteiger partial charge in [0.2, 0.25) is 0 Å². The van der Waals surface area contributed by atoms with Gasteiger partial charge in [-0.1, -0.05) is 48.5 Å². The van der Waals surface area contributed by atoms with Crippen LogP contribution in [0.2, 0.25) is 0 Å². The van der Waals surface area contributed by atoms with Crippen LogP contribution in [0.4, 0.5) is 10.5 Å². The molecule has 1 aliphatic heterocycles. The second kappa shape index (κ2) is 7.11. The van der Waals surface area contributed by atoms with Crippen LogP contribution in [0.25, 0.3) is 0 Å². The van der Waals surface area contributed by atoms with E-state index in [1.807, 2.05) is 38.1 Å². The lowest BCUT2D eigenvalue weighted by molar-refractivity contribution is -0.138. The SMILES string of the molecule is Cc1cccc(C)c1NCC(=O)NN1C(=O)NC(C)(c2ccccc2)C1=O. The molecule has 0 spiro atoms. The number of benzene rings is 2. The number of nitrogens with zero attached hydrogens (tertiary/aromatic N) is 1. The Bertz CT molecular complexity index is 877. The van der Waals surface area contributed by atoms with E-state index in [1.54, 1.807) is 31.2 Å². The first kappa shape index (κ1) is 18.4. The molecule has 1 aliphatic rings.